The molecular weight excluding hydrogens is 1180 g/mol. The van der Waals surface area contributed by atoms with E-state index in [9.17, 15) is 35.5 Å². The number of carbonyl (C=O) groups is 2. The zero-order valence-corrected chi connectivity index (χ0v) is 54.8. The minimum Gasteiger partial charge on any atom is -0.744 e. The zero-order chi connectivity index (χ0) is 65.1. The standard InChI is InChI=1S/C53H72N2O12.2C7H8O3S/c1-54(22-18-38-32-48(62-7)50(64-9)34-40(38)42(54)28-36-14-16-44(58-3)46(30-36)60-5)24-20-52(56)66-26-12-11-13-27-67-53(57)21-25-55(2)23-19-39-33-49(63-8)51(65-10)35-41(39)43(55)29-37-15-17-45(59-4)47(31-37)61-6;2*1-6-2-4-7(5-3-6)11(8,9)10/h14-17,30-35,42-43H,11-13,18-29H2,1-10H3;2*2-5H,1H3,(H,8,9,10)/q+2;;/p-2/t42-,43+,54-,55-;;/m1../s1. The summed E-state index contributed by atoms with van der Waals surface area (Å²) in [5.74, 6) is 5.06. The SMILES string of the molecule is COc1ccc(C[C@@H]2c3cc(OC)c(OC)cc3CC[N@+]2(C)CCC(=O)OCCCCCOC(=O)CC[N@@+]2(C)CCc3cc(OC)c(OC)cc3[C@@H]2Cc2ccc(OC)c(OC)c2)cc1OC.Cc1ccc(S(=O)(=O)[O-])cc1.Cc1ccc(S(=O)(=O)[O-])cc1. The lowest BCUT2D eigenvalue weighted by Crippen LogP contribution is -2.53. The number of methoxy groups -OCH3 is 8. The molecule has 0 aromatic heterocycles. The smallest absolute Gasteiger partial charge is 0.311 e. The molecule has 0 bridgehead atoms. The third-order valence-electron chi connectivity index (χ3n) is 16.6. The Bertz CT molecular complexity index is 3330. The van der Waals surface area contributed by atoms with Gasteiger partial charge in [0.15, 0.2) is 46.0 Å². The number of unbranched alkanes of at least 4 members (excludes halogenated alkanes) is 2. The van der Waals surface area contributed by atoms with Gasteiger partial charge in [-0.05, 0) is 128 Å². The van der Waals surface area contributed by atoms with Gasteiger partial charge in [-0.15, -0.1) is 0 Å². The Hall–Kier alpha value is -7.60. The van der Waals surface area contributed by atoms with Gasteiger partial charge in [0, 0.05) is 36.8 Å². The highest BCUT2D eigenvalue weighted by atomic mass is 32.2. The number of quaternary nitrogens is 2. The number of ether oxygens (including phenoxy) is 10. The number of hydrogen-bond donors (Lipinski definition) is 0. The Morgan fingerprint density at radius 1 is 0.438 bits per heavy atom. The summed E-state index contributed by atoms with van der Waals surface area (Å²) in [6.07, 6.45) is 5.85. The van der Waals surface area contributed by atoms with Crippen LogP contribution in [0.1, 0.15) is 88.7 Å². The Morgan fingerprint density at radius 3 is 1.07 bits per heavy atom. The van der Waals surface area contributed by atoms with Crippen LogP contribution in [0.15, 0.2) is 119 Å². The minimum absolute atomic E-state index is 0.0393. The molecule has 0 unspecified atom stereocenters. The molecule has 2 heterocycles. The summed E-state index contributed by atoms with van der Waals surface area (Å²) in [5.41, 5.74) is 8.86. The first kappa shape index (κ1) is 70.5. The van der Waals surface area contributed by atoms with Crippen LogP contribution in [0, 0.1) is 13.8 Å². The predicted octanol–water partition coefficient (Wildman–Crippen LogP) is 9.86. The number of rotatable bonds is 26. The summed E-state index contributed by atoms with van der Waals surface area (Å²) in [5, 5.41) is 0. The third-order valence-corrected chi connectivity index (χ3v) is 18.3. The second-order valence-electron chi connectivity index (χ2n) is 22.5. The molecule has 0 amide bonds. The van der Waals surface area contributed by atoms with Gasteiger partial charge in [0.05, 0.1) is 133 Å². The van der Waals surface area contributed by atoms with Gasteiger partial charge < -0.3 is 65.4 Å². The molecule has 0 fully saturated rings. The molecule has 89 heavy (non-hydrogen) atoms. The quantitative estimate of drug-likeness (QED) is 0.0212. The lowest BCUT2D eigenvalue weighted by molar-refractivity contribution is -0.940. The maximum atomic E-state index is 13.2. The van der Waals surface area contributed by atoms with Crippen molar-refractivity contribution in [3.05, 3.63) is 154 Å². The molecule has 484 valence electrons. The highest BCUT2D eigenvalue weighted by molar-refractivity contribution is 7.86. The number of fused-ring (bicyclic) bond motifs is 2. The van der Waals surface area contributed by atoms with Crippen LogP contribution < -0.4 is 37.9 Å². The molecule has 2 aliphatic rings. The van der Waals surface area contributed by atoms with Crippen LogP contribution in [0.25, 0.3) is 0 Å². The highest BCUT2D eigenvalue weighted by Gasteiger charge is 2.42. The van der Waals surface area contributed by atoms with Crippen LogP contribution in [0.4, 0.5) is 0 Å². The largest absolute Gasteiger partial charge is 0.744 e. The summed E-state index contributed by atoms with van der Waals surface area (Å²) in [6.45, 7) is 7.21. The number of likely N-dealkylation sites (N-methyl/N-ethyl adjacent to an activating group) is 2. The molecule has 0 spiro atoms. The first-order valence-electron chi connectivity index (χ1n) is 29.3. The molecular formula is C67H86N2O18S2. The first-order valence-corrected chi connectivity index (χ1v) is 32.1. The molecule has 8 rings (SSSR count). The monoisotopic (exact) mass is 1270 g/mol. The molecule has 4 atom stereocenters. The number of carbonyl (C=O) groups excluding carboxylic acids is 2. The second kappa shape index (κ2) is 32.2. The number of hydrogen-bond acceptors (Lipinski definition) is 18. The molecule has 6 aromatic carbocycles. The van der Waals surface area contributed by atoms with Gasteiger partial charge in [0.25, 0.3) is 0 Å². The molecule has 0 N–H and O–H groups in total. The summed E-state index contributed by atoms with van der Waals surface area (Å²) in [4.78, 5) is 26.0. The normalized spacial score (nSPS) is 17.6. The van der Waals surface area contributed by atoms with Gasteiger partial charge in [0.2, 0.25) is 0 Å². The van der Waals surface area contributed by atoms with Crippen molar-refractivity contribution in [2.24, 2.45) is 0 Å². The summed E-state index contributed by atoms with van der Waals surface area (Å²) in [7, 11) is 9.07. The van der Waals surface area contributed by atoms with Gasteiger partial charge in [-0.1, -0.05) is 47.5 Å². The van der Waals surface area contributed by atoms with Crippen molar-refractivity contribution in [2.75, 3.05) is 110 Å². The van der Waals surface area contributed by atoms with Crippen LogP contribution in [0.5, 0.6) is 46.0 Å². The summed E-state index contributed by atoms with van der Waals surface area (Å²) in [6, 6.07) is 32.1. The van der Waals surface area contributed by atoms with Gasteiger partial charge in [-0.2, -0.15) is 0 Å². The number of aryl methyl sites for hydroxylation is 2. The van der Waals surface area contributed by atoms with Gasteiger partial charge in [0.1, 0.15) is 32.3 Å². The first-order chi connectivity index (χ1) is 42.3. The van der Waals surface area contributed by atoms with E-state index in [1.54, 1.807) is 81.1 Å². The van der Waals surface area contributed by atoms with Crippen LogP contribution in [-0.2, 0) is 65.0 Å². The lowest BCUT2D eigenvalue weighted by Gasteiger charge is -2.46. The summed E-state index contributed by atoms with van der Waals surface area (Å²) < 4.78 is 120. The van der Waals surface area contributed by atoms with E-state index in [0.29, 0.717) is 107 Å². The number of nitrogens with zero attached hydrogens (tertiary/aromatic N) is 2. The Kier molecular flexibility index (Phi) is 25.5. The van der Waals surface area contributed by atoms with Crippen molar-refractivity contribution in [1.29, 1.82) is 0 Å². The summed E-state index contributed by atoms with van der Waals surface area (Å²) >= 11 is 0. The van der Waals surface area contributed by atoms with Gasteiger partial charge in [-0.25, -0.2) is 16.8 Å². The van der Waals surface area contributed by atoms with Crippen LogP contribution >= 0.6 is 0 Å². The molecule has 0 aliphatic carbocycles. The van der Waals surface area contributed by atoms with E-state index in [4.69, 9.17) is 47.4 Å². The topological polar surface area (TPSA) is 241 Å². The highest BCUT2D eigenvalue weighted by Crippen LogP contribution is 2.45. The molecule has 0 saturated carbocycles. The van der Waals surface area contributed by atoms with Crippen molar-refractivity contribution >= 4 is 32.2 Å². The number of esters is 2. The van der Waals surface area contributed by atoms with E-state index in [2.05, 4.69) is 50.5 Å². The van der Waals surface area contributed by atoms with E-state index in [1.165, 1.54) is 46.5 Å². The lowest BCUT2D eigenvalue weighted by atomic mass is 9.86. The molecule has 22 heteroatoms. The molecule has 2 aliphatic heterocycles. The minimum atomic E-state index is -4.27. The number of benzene rings is 6. The fourth-order valence-electron chi connectivity index (χ4n) is 11.3. The van der Waals surface area contributed by atoms with Crippen molar-refractivity contribution in [3.63, 3.8) is 0 Å². The van der Waals surface area contributed by atoms with Crippen molar-refractivity contribution in [3.8, 4) is 46.0 Å². The molecule has 0 saturated heterocycles. The van der Waals surface area contributed by atoms with Crippen molar-refractivity contribution in [1.82, 2.24) is 0 Å². The van der Waals surface area contributed by atoms with Crippen LogP contribution in [-0.4, -0.2) is 157 Å². The second-order valence-corrected chi connectivity index (χ2v) is 25.3. The van der Waals surface area contributed by atoms with E-state index in [-0.39, 0.29) is 33.8 Å². The Balaban J connectivity index is 0.000000477. The maximum Gasteiger partial charge on any atom is 0.311 e. The van der Waals surface area contributed by atoms with Crippen LogP contribution in [0.3, 0.4) is 0 Å². The van der Waals surface area contributed by atoms with E-state index in [0.717, 1.165) is 67.4 Å². The Labute approximate surface area is 525 Å². The average molecular weight is 1270 g/mol. The molecule has 0 radical (unpaired) electrons. The van der Waals surface area contributed by atoms with Crippen LogP contribution in [0.2, 0.25) is 0 Å². The van der Waals surface area contributed by atoms with Gasteiger partial charge in [-0.3, -0.25) is 9.59 Å². The molecule has 6 aromatic rings. The third kappa shape index (κ3) is 19.2. The fraction of sp³-hybridized carbons (Fsp3) is 0.433. The fourth-order valence-corrected chi connectivity index (χ4v) is 12.3. The van der Waals surface area contributed by atoms with Gasteiger partial charge >= 0.3 is 11.9 Å². The Morgan fingerprint density at radius 2 is 0.753 bits per heavy atom. The van der Waals surface area contributed by atoms with E-state index < -0.39 is 20.2 Å². The zero-order valence-electron chi connectivity index (χ0n) is 53.2. The maximum absolute atomic E-state index is 13.2. The predicted molar refractivity (Wildman–Crippen MR) is 334 cm³/mol. The average Bonchev–Trinajstić information content (AvgIpc) is 0.801. The van der Waals surface area contributed by atoms with Crippen molar-refractivity contribution < 1.29 is 91.9 Å². The molecule has 20 nitrogen and oxygen atoms in total. The van der Waals surface area contributed by atoms with Crippen molar-refractivity contribution in [2.45, 2.75) is 93.5 Å². The van der Waals surface area contributed by atoms with E-state index in [1.807, 2.05) is 38.1 Å². The van der Waals surface area contributed by atoms with E-state index >= 15 is 0 Å².